The van der Waals surface area contributed by atoms with Crippen molar-refractivity contribution in [1.82, 2.24) is 18.8 Å². The number of carboxylic acid groups (broad SMARTS) is 1. The van der Waals surface area contributed by atoms with Gasteiger partial charge in [0, 0.05) is 34.1 Å². The normalized spacial score (nSPS) is 13.1. The molecule has 148 valence electrons. The van der Waals surface area contributed by atoms with E-state index < -0.39 is 22.0 Å². The number of carboxylic acids is 1. The minimum absolute atomic E-state index is 0.0295. The molecule has 1 heterocycles. The zero-order valence-corrected chi connectivity index (χ0v) is 16.3. The Balaban J connectivity index is 2.52. The highest BCUT2D eigenvalue weighted by Crippen LogP contribution is 2.22. The van der Waals surface area contributed by atoms with Gasteiger partial charge >= 0.3 is 11.7 Å². The summed E-state index contributed by atoms with van der Waals surface area (Å²) in [6.45, 7) is 2.30. The molecule has 2 aromatic rings. The molecule has 11 heteroatoms. The maximum atomic E-state index is 13.1. The van der Waals surface area contributed by atoms with E-state index in [1.807, 2.05) is 0 Å². The Bertz CT molecular complexity index is 1050. The van der Waals surface area contributed by atoms with Gasteiger partial charge in [0.25, 0.3) is 0 Å². The minimum Gasteiger partial charge on any atom is -0.480 e. The molecule has 1 aromatic carbocycles. The molecule has 27 heavy (non-hydrogen) atoms. The van der Waals surface area contributed by atoms with E-state index in [1.165, 1.54) is 48.2 Å². The third-order valence-electron chi connectivity index (χ3n) is 4.35. The van der Waals surface area contributed by atoms with Crippen molar-refractivity contribution in [3.63, 3.8) is 0 Å². The van der Waals surface area contributed by atoms with Crippen LogP contribution < -0.4 is 11.0 Å². The Morgan fingerprint density at radius 3 is 2.37 bits per heavy atom. The smallest absolute Gasteiger partial charge is 0.328 e. The van der Waals surface area contributed by atoms with Crippen LogP contribution in [0.1, 0.15) is 13.8 Å². The van der Waals surface area contributed by atoms with Gasteiger partial charge in [0.15, 0.2) is 0 Å². The van der Waals surface area contributed by atoms with Crippen molar-refractivity contribution >= 4 is 32.9 Å². The number of carbonyl (C=O) groups excluding carboxylic acids is 1. The van der Waals surface area contributed by atoms with E-state index in [1.54, 1.807) is 7.05 Å². The second-order valence-electron chi connectivity index (χ2n) is 6.16. The standard InChI is InChI=1S/C16H22N4O6S/c1-10(15(22)23)20(8-7-17-11(2)21)27(25,26)12-5-6-13-14(9-12)19(4)16(24)18(13)3/h5-6,9-10H,7-8H2,1-4H3,(H,17,21)(H,22,23). The number of benzene rings is 1. The van der Waals surface area contributed by atoms with E-state index in [0.29, 0.717) is 11.0 Å². The number of amides is 1. The van der Waals surface area contributed by atoms with E-state index in [4.69, 9.17) is 0 Å². The third kappa shape index (κ3) is 3.88. The summed E-state index contributed by atoms with van der Waals surface area (Å²) in [5.74, 6) is -1.66. The molecule has 1 unspecified atom stereocenters. The van der Waals surface area contributed by atoms with Crippen LogP contribution in [0, 0.1) is 0 Å². The van der Waals surface area contributed by atoms with E-state index in [0.717, 1.165) is 4.31 Å². The molecule has 10 nitrogen and oxygen atoms in total. The van der Waals surface area contributed by atoms with Crippen molar-refractivity contribution in [2.75, 3.05) is 13.1 Å². The van der Waals surface area contributed by atoms with E-state index in [9.17, 15) is 27.9 Å². The van der Waals surface area contributed by atoms with Gasteiger partial charge in [-0.15, -0.1) is 0 Å². The number of nitrogens with one attached hydrogen (secondary N) is 1. The number of imidazole rings is 1. The lowest BCUT2D eigenvalue weighted by molar-refractivity contribution is -0.140. The van der Waals surface area contributed by atoms with Gasteiger partial charge in [-0.2, -0.15) is 4.31 Å². The second-order valence-corrected chi connectivity index (χ2v) is 8.05. The first-order valence-corrected chi connectivity index (χ1v) is 9.57. The van der Waals surface area contributed by atoms with Gasteiger partial charge in [-0.1, -0.05) is 0 Å². The van der Waals surface area contributed by atoms with Crippen molar-refractivity contribution < 1.29 is 23.1 Å². The quantitative estimate of drug-likeness (QED) is 0.645. The van der Waals surface area contributed by atoms with Gasteiger partial charge < -0.3 is 10.4 Å². The average Bonchev–Trinajstić information content (AvgIpc) is 2.81. The fourth-order valence-electron chi connectivity index (χ4n) is 2.77. The number of fused-ring (bicyclic) bond motifs is 1. The molecular formula is C16H22N4O6S. The molecule has 1 atom stereocenters. The molecule has 0 aliphatic heterocycles. The van der Waals surface area contributed by atoms with E-state index in [-0.39, 0.29) is 29.6 Å². The van der Waals surface area contributed by atoms with Gasteiger partial charge in [0.05, 0.1) is 15.9 Å². The average molecular weight is 398 g/mol. The number of carbonyl (C=O) groups is 2. The highest BCUT2D eigenvalue weighted by Gasteiger charge is 2.33. The minimum atomic E-state index is -4.18. The van der Waals surface area contributed by atoms with Crippen LogP contribution in [0.4, 0.5) is 0 Å². The third-order valence-corrected chi connectivity index (χ3v) is 6.31. The highest BCUT2D eigenvalue weighted by atomic mass is 32.2. The van der Waals surface area contributed by atoms with Gasteiger partial charge in [-0.3, -0.25) is 18.7 Å². The maximum absolute atomic E-state index is 13.1. The molecule has 1 amide bonds. The van der Waals surface area contributed by atoms with Crippen LogP contribution in [0.15, 0.2) is 27.9 Å². The summed E-state index contributed by atoms with van der Waals surface area (Å²) in [5.41, 5.74) is 0.659. The molecule has 0 bridgehead atoms. The predicted octanol–water partition coefficient (Wildman–Crippen LogP) is -0.523. The summed E-state index contributed by atoms with van der Waals surface area (Å²) in [6.07, 6.45) is 0. The summed E-state index contributed by atoms with van der Waals surface area (Å²) >= 11 is 0. The van der Waals surface area contributed by atoms with Crippen LogP contribution in [-0.4, -0.2) is 58.0 Å². The molecule has 0 radical (unpaired) electrons. The zero-order chi connectivity index (χ0) is 20.5. The largest absolute Gasteiger partial charge is 0.480 e. The van der Waals surface area contributed by atoms with Gasteiger partial charge in [-0.25, -0.2) is 13.2 Å². The van der Waals surface area contributed by atoms with E-state index >= 15 is 0 Å². The monoisotopic (exact) mass is 398 g/mol. The molecule has 2 rings (SSSR count). The van der Waals surface area contributed by atoms with Crippen LogP contribution >= 0.6 is 0 Å². The summed E-state index contributed by atoms with van der Waals surface area (Å²) in [5, 5.41) is 11.7. The first kappa shape index (κ1) is 20.6. The molecule has 0 saturated carbocycles. The number of aromatic nitrogens is 2. The maximum Gasteiger partial charge on any atom is 0.328 e. The van der Waals surface area contributed by atoms with Crippen LogP contribution in [0.2, 0.25) is 0 Å². The molecule has 2 N–H and O–H groups in total. The zero-order valence-electron chi connectivity index (χ0n) is 15.5. The van der Waals surface area contributed by atoms with Crippen LogP contribution in [-0.2, 0) is 33.7 Å². The number of nitrogens with zero attached hydrogens (tertiary/aromatic N) is 3. The highest BCUT2D eigenvalue weighted by molar-refractivity contribution is 7.89. The second kappa shape index (κ2) is 7.53. The molecule has 0 aliphatic rings. The number of aryl methyl sites for hydroxylation is 2. The Kier molecular flexibility index (Phi) is 5.76. The van der Waals surface area contributed by atoms with Gasteiger partial charge in [0.1, 0.15) is 6.04 Å². The molecule has 1 aromatic heterocycles. The summed E-state index contributed by atoms with van der Waals surface area (Å²) in [7, 11) is -1.08. The number of sulfonamides is 1. The van der Waals surface area contributed by atoms with Crippen molar-refractivity contribution in [1.29, 1.82) is 0 Å². The molecule has 0 aliphatic carbocycles. The Morgan fingerprint density at radius 2 is 1.81 bits per heavy atom. The first-order valence-electron chi connectivity index (χ1n) is 8.13. The number of hydrogen-bond donors (Lipinski definition) is 2. The first-order chi connectivity index (χ1) is 12.5. The lowest BCUT2D eigenvalue weighted by Gasteiger charge is -2.25. The van der Waals surface area contributed by atoms with Crippen LogP contribution in [0.5, 0.6) is 0 Å². The molecule has 0 spiro atoms. The van der Waals surface area contributed by atoms with Crippen molar-refractivity contribution in [2.24, 2.45) is 14.1 Å². The number of rotatable bonds is 7. The topological polar surface area (TPSA) is 131 Å². The summed E-state index contributed by atoms with van der Waals surface area (Å²) < 4.78 is 29.6. The van der Waals surface area contributed by atoms with Gasteiger partial charge in [0.2, 0.25) is 15.9 Å². The molecular weight excluding hydrogens is 376 g/mol. The van der Waals surface area contributed by atoms with E-state index in [2.05, 4.69) is 5.32 Å². The number of hydrogen-bond acceptors (Lipinski definition) is 5. The Labute approximate surface area is 156 Å². The van der Waals surface area contributed by atoms with Crippen LogP contribution in [0.3, 0.4) is 0 Å². The lowest BCUT2D eigenvalue weighted by atomic mass is 10.3. The Morgan fingerprint density at radius 1 is 1.22 bits per heavy atom. The fourth-order valence-corrected chi connectivity index (χ4v) is 4.38. The predicted molar refractivity (Wildman–Crippen MR) is 97.8 cm³/mol. The van der Waals surface area contributed by atoms with Crippen molar-refractivity contribution in [3.8, 4) is 0 Å². The summed E-state index contributed by atoms with van der Waals surface area (Å²) in [6, 6.07) is 2.84. The van der Waals surface area contributed by atoms with Crippen LogP contribution in [0.25, 0.3) is 11.0 Å². The Hall–Kier alpha value is -2.66. The van der Waals surface area contributed by atoms with Crippen molar-refractivity contribution in [3.05, 3.63) is 28.7 Å². The summed E-state index contributed by atoms with van der Waals surface area (Å²) in [4.78, 5) is 34.3. The molecule has 0 fully saturated rings. The fraction of sp³-hybridized carbons (Fsp3) is 0.438. The lowest BCUT2D eigenvalue weighted by Crippen LogP contribution is -2.46. The van der Waals surface area contributed by atoms with Gasteiger partial charge in [-0.05, 0) is 25.1 Å². The number of aliphatic carboxylic acids is 1. The SMILES string of the molecule is CC(=O)NCCN(C(C)C(=O)O)S(=O)(=O)c1ccc2c(c1)n(C)c(=O)n2C. The van der Waals surface area contributed by atoms with Crippen molar-refractivity contribution in [2.45, 2.75) is 24.8 Å². The molecule has 0 saturated heterocycles.